The van der Waals surface area contributed by atoms with Crippen molar-refractivity contribution in [1.29, 1.82) is 0 Å². The highest BCUT2D eigenvalue weighted by molar-refractivity contribution is 7.08. The number of hydrogen-bond acceptors (Lipinski definition) is 5. The van der Waals surface area contributed by atoms with E-state index < -0.39 is 0 Å². The molecule has 0 radical (unpaired) electrons. The van der Waals surface area contributed by atoms with E-state index in [4.69, 9.17) is 0 Å². The molecule has 1 aliphatic heterocycles. The maximum atomic E-state index is 12.3. The third-order valence-electron chi connectivity index (χ3n) is 4.20. The van der Waals surface area contributed by atoms with Gasteiger partial charge in [0, 0.05) is 29.4 Å². The minimum Gasteiger partial charge on any atom is -0.342 e. The SMILES string of the molecule is CC(C)(C)C(=O)N1CCC(Cn2nnc(-c3ccsc3)n2)CC1. The number of thiophene rings is 1. The normalized spacial score (nSPS) is 16.7. The van der Waals surface area contributed by atoms with E-state index >= 15 is 0 Å². The van der Waals surface area contributed by atoms with E-state index in [9.17, 15) is 4.79 Å². The molecule has 0 atom stereocenters. The maximum absolute atomic E-state index is 12.3. The summed E-state index contributed by atoms with van der Waals surface area (Å²) in [6.45, 7) is 8.36. The molecule has 6 nitrogen and oxygen atoms in total. The molecule has 0 saturated carbocycles. The Kier molecular flexibility index (Phi) is 4.48. The highest BCUT2D eigenvalue weighted by atomic mass is 32.1. The molecule has 0 aliphatic carbocycles. The zero-order valence-corrected chi connectivity index (χ0v) is 14.7. The van der Waals surface area contributed by atoms with E-state index in [-0.39, 0.29) is 11.3 Å². The predicted octanol–water partition coefficient (Wildman–Crippen LogP) is 2.69. The Morgan fingerprint density at radius 1 is 1.35 bits per heavy atom. The second-order valence-corrected chi connectivity index (χ2v) is 7.95. The Hall–Kier alpha value is -1.76. The number of carbonyl (C=O) groups excluding carboxylic acids is 1. The van der Waals surface area contributed by atoms with Crippen molar-refractivity contribution in [3.8, 4) is 11.4 Å². The highest BCUT2D eigenvalue weighted by Gasteiger charge is 2.30. The monoisotopic (exact) mass is 333 g/mol. The van der Waals surface area contributed by atoms with Crippen LogP contribution in [0.2, 0.25) is 0 Å². The Labute approximate surface area is 140 Å². The molecule has 0 spiro atoms. The fraction of sp³-hybridized carbons (Fsp3) is 0.625. The zero-order valence-electron chi connectivity index (χ0n) is 13.9. The van der Waals surface area contributed by atoms with E-state index in [1.807, 2.05) is 42.5 Å². The van der Waals surface area contributed by atoms with Gasteiger partial charge < -0.3 is 4.90 Å². The zero-order chi connectivity index (χ0) is 16.4. The molecule has 1 fully saturated rings. The predicted molar refractivity (Wildman–Crippen MR) is 89.9 cm³/mol. The first-order valence-corrected chi connectivity index (χ1v) is 8.97. The summed E-state index contributed by atoms with van der Waals surface area (Å²) < 4.78 is 0. The molecule has 23 heavy (non-hydrogen) atoms. The summed E-state index contributed by atoms with van der Waals surface area (Å²) in [4.78, 5) is 16.0. The number of hydrogen-bond donors (Lipinski definition) is 0. The molecule has 0 unspecified atom stereocenters. The number of carbonyl (C=O) groups is 1. The van der Waals surface area contributed by atoms with E-state index in [0.29, 0.717) is 11.7 Å². The van der Waals surface area contributed by atoms with Gasteiger partial charge in [0.25, 0.3) is 0 Å². The van der Waals surface area contributed by atoms with Crippen LogP contribution in [0.15, 0.2) is 16.8 Å². The van der Waals surface area contributed by atoms with Gasteiger partial charge in [0.05, 0.1) is 6.54 Å². The van der Waals surface area contributed by atoms with Gasteiger partial charge in [-0.3, -0.25) is 4.79 Å². The molecule has 1 saturated heterocycles. The van der Waals surface area contributed by atoms with Crippen LogP contribution in [0.4, 0.5) is 0 Å². The van der Waals surface area contributed by atoms with Gasteiger partial charge in [-0.25, -0.2) is 0 Å². The lowest BCUT2D eigenvalue weighted by Crippen LogP contribution is -2.44. The standard InChI is InChI=1S/C16H23N5OS/c1-16(2,3)15(22)20-7-4-12(5-8-20)10-21-18-14(17-19-21)13-6-9-23-11-13/h6,9,11-12H,4-5,7-8,10H2,1-3H3. The van der Waals surface area contributed by atoms with Gasteiger partial charge in [-0.1, -0.05) is 20.8 Å². The largest absolute Gasteiger partial charge is 0.342 e. The lowest BCUT2D eigenvalue weighted by atomic mass is 9.91. The van der Waals surface area contributed by atoms with Crippen LogP contribution in [0, 0.1) is 11.3 Å². The second-order valence-electron chi connectivity index (χ2n) is 7.17. The molecule has 3 rings (SSSR count). The Bertz CT molecular complexity index is 650. The van der Waals surface area contributed by atoms with E-state index in [2.05, 4.69) is 15.4 Å². The lowest BCUT2D eigenvalue weighted by molar-refractivity contribution is -0.141. The van der Waals surface area contributed by atoms with Crippen LogP contribution in [0.5, 0.6) is 0 Å². The van der Waals surface area contributed by atoms with Gasteiger partial charge in [-0.05, 0) is 35.4 Å². The maximum Gasteiger partial charge on any atom is 0.227 e. The first-order valence-electron chi connectivity index (χ1n) is 8.03. The van der Waals surface area contributed by atoms with Crippen molar-refractivity contribution < 1.29 is 4.79 Å². The van der Waals surface area contributed by atoms with Crippen LogP contribution in [-0.2, 0) is 11.3 Å². The summed E-state index contributed by atoms with van der Waals surface area (Å²) in [6.07, 6.45) is 1.99. The lowest BCUT2D eigenvalue weighted by Gasteiger charge is -2.35. The van der Waals surface area contributed by atoms with Crippen molar-refractivity contribution in [1.82, 2.24) is 25.1 Å². The molecule has 1 amide bonds. The van der Waals surface area contributed by atoms with Crippen molar-refractivity contribution in [2.45, 2.75) is 40.2 Å². The third-order valence-corrected chi connectivity index (χ3v) is 4.88. The quantitative estimate of drug-likeness (QED) is 0.866. The molecule has 3 heterocycles. The van der Waals surface area contributed by atoms with Crippen LogP contribution in [0.25, 0.3) is 11.4 Å². The summed E-state index contributed by atoms with van der Waals surface area (Å²) in [7, 11) is 0. The molecule has 2 aromatic heterocycles. The van der Waals surface area contributed by atoms with Crippen LogP contribution in [0.3, 0.4) is 0 Å². The Morgan fingerprint density at radius 2 is 2.09 bits per heavy atom. The summed E-state index contributed by atoms with van der Waals surface area (Å²) >= 11 is 1.63. The van der Waals surface area contributed by atoms with Crippen molar-refractivity contribution in [3.05, 3.63) is 16.8 Å². The molecule has 0 N–H and O–H groups in total. The van der Waals surface area contributed by atoms with Crippen molar-refractivity contribution in [2.75, 3.05) is 13.1 Å². The minimum absolute atomic E-state index is 0.245. The highest BCUT2D eigenvalue weighted by Crippen LogP contribution is 2.24. The van der Waals surface area contributed by atoms with Crippen LogP contribution >= 0.6 is 11.3 Å². The average molecular weight is 333 g/mol. The molecular formula is C16H23N5OS. The first-order chi connectivity index (χ1) is 10.9. The van der Waals surface area contributed by atoms with Crippen molar-refractivity contribution in [2.24, 2.45) is 11.3 Å². The summed E-state index contributed by atoms with van der Waals surface area (Å²) in [5, 5.41) is 16.8. The number of tetrazole rings is 1. The second kappa shape index (κ2) is 6.39. The Morgan fingerprint density at radius 3 is 2.70 bits per heavy atom. The van der Waals surface area contributed by atoms with E-state index in [1.54, 1.807) is 16.1 Å². The summed E-state index contributed by atoms with van der Waals surface area (Å²) in [5.41, 5.74) is 0.724. The smallest absolute Gasteiger partial charge is 0.227 e. The van der Waals surface area contributed by atoms with E-state index in [0.717, 1.165) is 38.0 Å². The molecular weight excluding hydrogens is 310 g/mol. The number of rotatable bonds is 3. The minimum atomic E-state index is -0.296. The molecule has 0 aromatic carbocycles. The molecule has 0 bridgehead atoms. The summed E-state index contributed by atoms with van der Waals surface area (Å²) in [6, 6.07) is 2.00. The van der Waals surface area contributed by atoms with Gasteiger partial charge >= 0.3 is 0 Å². The van der Waals surface area contributed by atoms with Gasteiger partial charge in [0.1, 0.15) is 0 Å². The fourth-order valence-electron chi connectivity index (χ4n) is 2.85. The molecule has 2 aromatic rings. The van der Waals surface area contributed by atoms with Crippen molar-refractivity contribution >= 4 is 17.2 Å². The van der Waals surface area contributed by atoms with Crippen molar-refractivity contribution in [3.63, 3.8) is 0 Å². The number of aromatic nitrogens is 4. The summed E-state index contributed by atoms with van der Waals surface area (Å²) in [5.74, 6) is 1.43. The van der Waals surface area contributed by atoms with Crippen LogP contribution < -0.4 is 0 Å². The fourth-order valence-corrected chi connectivity index (χ4v) is 3.49. The van der Waals surface area contributed by atoms with Gasteiger partial charge in [0.2, 0.25) is 11.7 Å². The number of nitrogens with zero attached hydrogens (tertiary/aromatic N) is 5. The van der Waals surface area contributed by atoms with Gasteiger partial charge in [0.15, 0.2) is 0 Å². The third kappa shape index (κ3) is 3.77. The van der Waals surface area contributed by atoms with E-state index in [1.165, 1.54) is 0 Å². The molecule has 7 heteroatoms. The Balaban J connectivity index is 1.54. The average Bonchev–Trinajstić information content (AvgIpc) is 3.17. The number of amides is 1. The molecule has 1 aliphatic rings. The van der Waals surface area contributed by atoms with Gasteiger partial charge in [-0.15, -0.1) is 10.2 Å². The van der Waals surface area contributed by atoms with Crippen LogP contribution in [0.1, 0.15) is 33.6 Å². The first kappa shape index (κ1) is 16.1. The molecule has 124 valence electrons. The van der Waals surface area contributed by atoms with Crippen LogP contribution in [-0.4, -0.2) is 44.1 Å². The number of piperidine rings is 1. The van der Waals surface area contributed by atoms with Gasteiger partial charge in [-0.2, -0.15) is 16.1 Å². The number of likely N-dealkylation sites (tertiary alicyclic amines) is 1. The topological polar surface area (TPSA) is 63.9 Å².